The van der Waals surface area contributed by atoms with Crippen LogP contribution in [-0.2, 0) is 19.7 Å². The second kappa shape index (κ2) is 6.88. The number of imide groups is 2. The maximum Gasteiger partial charge on any atom is 0.338 e. The van der Waals surface area contributed by atoms with Crippen LogP contribution in [0.4, 0.5) is 10.5 Å². The van der Waals surface area contributed by atoms with Gasteiger partial charge in [0.15, 0.2) is 0 Å². The fourth-order valence-corrected chi connectivity index (χ4v) is 2.51. The molecule has 0 unspecified atom stereocenters. The third-order valence-electron chi connectivity index (χ3n) is 2.97. The van der Waals surface area contributed by atoms with Gasteiger partial charge < -0.3 is 0 Å². The van der Waals surface area contributed by atoms with Gasteiger partial charge in [-0.05, 0) is 25.1 Å². The van der Waals surface area contributed by atoms with E-state index in [9.17, 15) is 22.8 Å². The standard InChI is InChI=1S/C12H12N2O6S.Na/c1-2-13-10(15)7-11(16)14(12(13)17)8-4-3-5-9(6-8)21(18,19)20;/h3-6H,2,7H2,1H3,(H,18,19,20);. The summed E-state index contributed by atoms with van der Waals surface area (Å²) in [6.45, 7) is 1.68. The van der Waals surface area contributed by atoms with Gasteiger partial charge in [0.05, 0.1) is 10.6 Å². The number of benzene rings is 1. The minimum Gasteiger partial charge on any atom is -0.282 e. The molecule has 1 fully saturated rings. The minimum atomic E-state index is -4.46. The van der Waals surface area contributed by atoms with Crippen LogP contribution >= 0.6 is 0 Å². The van der Waals surface area contributed by atoms with Gasteiger partial charge in [0.2, 0.25) is 11.8 Å². The van der Waals surface area contributed by atoms with Crippen molar-refractivity contribution in [2.75, 3.05) is 11.4 Å². The molecule has 0 aromatic heterocycles. The van der Waals surface area contributed by atoms with Gasteiger partial charge in [0.25, 0.3) is 10.1 Å². The van der Waals surface area contributed by atoms with Crippen LogP contribution in [0.1, 0.15) is 13.3 Å². The van der Waals surface area contributed by atoms with Gasteiger partial charge >= 0.3 is 6.03 Å². The molecule has 1 N–H and O–H groups in total. The number of barbiturate groups is 1. The maximum atomic E-state index is 12.1. The van der Waals surface area contributed by atoms with Crippen molar-refractivity contribution in [1.82, 2.24) is 4.90 Å². The van der Waals surface area contributed by atoms with Gasteiger partial charge in [-0.3, -0.25) is 19.0 Å². The third-order valence-corrected chi connectivity index (χ3v) is 3.81. The molecule has 0 spiro atoms. The molecule has 1 saturated heterocycles. The van der Waals surface area contributed by atoms with Crippen LogP contribution in [-0.4, -0.2) is 71.8 Å². The van der Waals surface area contributed by atoms with Crippen LogP contribution < -0.4 is 4.90 Å². The number of hydrogen-bond acceptors (Lipinski definition) is 5. The van der Waals surface area contributed by atoms with Gasteiger partial charge in [0, 0.05) is 36.1 Å². The number of hydrogen-bond donors (Lipinski definition) is 1. The zero-order valence-electron chi connectivity index (χ0n) is 12.0. The molecule has 1 heterocycles. The zero-order chi connectivity index (χ0) is 15.8. The Morgan fingerprint density at radius 2 is 1.82 bits per heavy atom. The number of carbonyl (C=O) groups is 3. The van der Waals surface area contributed by atoms with Crippen molar-refractivity contribution in [3.63, 3.8) is 0 Å². The van der Waals surface area contributed by atoms with E-state index in [1.54, 1.807) is 6.92 Å². The van der Waals surface area contributed by atoms with Crippen molar-refractivity contribution >= 4 is 63.2 Å². The SMILES string of the molecule is CCN1C(=O)CC(=O)N(c2cccc(S(=O)(=O)O)c2)C1=O.[Na]. The summed E-state index contributed by atoms with van der Waals surface area (Å²) in [6.07, 6.45) is -0.477. The van der Waals surface area contributed by atoms with Gasteiger partial charge in [-0.1, -0.05) is 6.07 Å². The van der Waals surface area contributed by atoms with E-state index in [-0.39, 0.29) is 41.8 Å². The third kappa shape index (κ3) is 3.55. The summed E-state index contributed by atoms with van der Waals surface area (Å²) >= 11 is 0. The Morgan fingerprint density at radius 3 is 2.36 bits per heavy atom. The first-order valence-electron chi connectivity index (χ1n) is 6.00. The average molecular weight is 335 g/mol. The predicted octanol–water partition coefficient (Wildman–Crippen LogP) is 0.258. The average Bonchev–Trinajstić information content (AvgIpc) is 2.38. The van der Waals surface area contributed by atoms with E-state index in [0.717, 1.165) is 21.9 Å². The fraction of sp³-hybridized carbons (Fsp3) is 0.250. The molecule has 1 aliphatic rings. The first-order chi connectivity index (χ1) is 9.75. The van der Waals surface area contributed by atoms with Gasteiger partial charge in [0.1, 0.15) is 6.42 Å². The summed E-state index contributed by atoms with van der Waals surface area (Å²) in [5.74, 6) is -1.35. The largest absolute Gasteiger partial charge is 0.338 e. The summed E-state index contributed by atoms with van der Waals surface area (Å²) in [7, 11) is -4.46. The Hall–Kier alpha value is -1.26. The van der Waals surface area contributed by atoms with Crippen LogP contribution in [0.5, 0.6) is 0 Å². The van der Waals surface area contributed by atoms with Crippen LogP contribution in [0.15, 0.2) is 29.2 Å². The molecule has 0 aliphatic carbocycles. The van der Waals surface area contributed by atoms with Crippen molar-refractivity contribution < 1.29 is 27.4 Å². The molecule has 1 radical (unpaired) electrons. The molecule has 1 aliphatic heterocycles. The molecule has 1 aromatic rings. The van der Waals surface area contributed by atoms with E-state index in [1.165, 1.54) is 12.1 Å². The summed E-state index contributed by atoms with van der Waals surface area (Å²) in [6, 6.07) is 3.90. The Morgan fingerprint density at radius 1 is 1.18 bits per heavy atom. The summed E-state index contributed by atoms with van der Waals surface area (Å²) in [5, 5.41) is 0. The second-order valence-electron chi connectivity index (χ2n) is 4.30. The Labute approximate surface area is 149 Å². The molecule has 2 rings (SSSR count). The predicted molar refractivity (Wildman–Crippen MR) is 76.9 cm³/mol. The molecule has 8 nitrogen and oxygen atoms in total. The number of carbonyl (C=O) groups excluding carboxylic acids is 3. The number of amides is 4. The number of anilines is 1. The van der Waals surface area contributed by atoms with Crippen LogP contribution in [0, 0.1) is 0 Å². The van der Waals surface area contributed by atoms with E-state index in [4.69, 9.17) is 4.55 Å². The van der Waals surface area contributed by atoms with Gasteiger partial charge in [-0.15, -0.1) is 0 Å². The van der Waals surface area contributed by atoms with Crippen LogP contribution in [0.3, 0.4) is 0 Å². The second-order valence-corrected chi connectivity index (χ2v) is 5.72. The summed E-state index contributed by atoms with van der Waals surface area (Å²) in [4.78, 5) is 36.8. The molecule has 4 amide bonds. The molecule has 1 aromatic carbocycles. The smallest absolute Gasteiger partial charge is 0.282 e. The van der Waals surface area contributed by atoms with Crippen molar-refractivity contribution in [1.29, 1.82) is 0 Å². The van der Waals surface area contributed by atoms with Crippen LogP contribution in [0.25, 0.3) is 0 Å². The van der Waals surface area contributed by atoms with E-state index in [0.29, 0.717) is 0 Å². The first-order valence-corrected chi connectivity index (χ1v) is 7.44. The molecular weight excluding hydrogens is 323 g/mol. The Kier molecular flexibility index (Phi) is 5.88. The summed E-state index contributed by atoms with van der Waals surface area (Å²) in [5.41, 5.74) is -0.0222. The van der Waals surface area contributed by atoms with E-state index in [2.05, 4.69) is 0 Å². The minimum absolute atomic E-state index is 0. The molecule has 0 bridgehead atoms. The number of nitrogens with zero attached hydrogens (tertiary/aromatic N) is 2. The molecular formula is C12H12N2NaO6S. The van der Waals surface area contributed by atoms with E-state index < -0.39 is 39.3 Å². The zero-order valence-corrected chi connectivity index (χ0v) is 14.8. The van der Waals surface area contributed by atoms with Gasteiger partial charge in [-0.2, -0.15) is 8.42 Å². The van der Waals surface area contributed by atoms with E-state index in [1.807, 2.05) is 0 Å². The molecule has 22 heavy (non-hydrogen) atoms. The Balaban J connectivity index is 0.00000242. The number of urea groups is 1. The summed E-state index contributed by atoms with van der Waals surface area (Å²) < 4.78 is 31.2. The maximum absolute atomic E-state index is 12.1. The Bertz CT molecular complexity index is 733. The number of rotatable bonds is 3. The molecule has 10 heteroatoms. The van der Waals surface area contributed by atoms with Crippen molar-refractivity contribution in [3.05, 3.63) is 24.3 Å². The van der Waals surface area contributed by atoms with E-state index >= 15 is 0 Å². The van der Waals surface area contributed by atoms with Crippen LogP contribution in [0.2, 0.25) is 0 Å². The fourth-order valence-electron chi connectivity index (χ4n) is 1.99. The van der Waals surface area contributed by atoms with Gasteiger partial charge in [-0.25, -0.2) is 9.69 Å². The van der Waals surface area contributed by atoms with Crippen molar-refractivity contribution in [2.45, 2.75) is 18.2 Å². The normalized spacial score (nSPS) is 15.8. The molecule has 113 valence electrons. The van der Waals surface area contributed by atoms with Crippen molar-refractivity contribution in [2.24, 2.45) is 0 Å². The quantitative estimate of drug-likeness (QED) is 0.482. The molecule has 0 atom stereocenters. The monoisotopic (exact) mass is 335 g/mol. The molecule has 0 saturated carbocycles. The van der Waals surface area contributed by atoms with Crippen molar-refractivity contribution in [3.8, 4) is 0 Å². The first kappa shape index (κ1) is 18.8. The topological polar surface area (TPSA) is 112 Å².